The molecule has 0 unspecified atom stereocenters. The number of hydrogen-bond donors (Lipinski definition) is 1. The summed E-state index contributed by atoms with van der Waals surface area (Å²) in [4.78, 5) is 4.83. The van der Waals surface area contributed by atoms with Gasteiger partial charge in [-0.3, -0.25) is 9.80 Å². The maximum absolute atomic E-state index is 9.86. The van der Waals surface area contributed by atoms with Crippen LogP contribution in [0.15, 0.2) is 54.6 Å². The highest BCUT2D eigenvalue weighted by atomic mass is 16.5. The molecule has 0 saturated carbocycles. The summed E-state index contributed by atoms with van der Waals surface area (Å²) in [6.45, 7) is 0.935. The topological polar surface area (TPSA) is 82.1 Å². The highest BCUT2D eigenvalue weighted by Gasteiger charge is 2.42. The summed E-state index contributed by atoms with van der Waals surface area (Å²) in [6.07, 6.45) is 3.23. The summed E-state index contributed by atoms with van der Waals surface area (Å²) in [5.74, 6) is 4.87. The van der Waals surface area contributed by atoms with Crippen molar-refractivity contribution < 1.29 is 33.5 Å². The third-order valence-electron chi connectivity index (χ3n) is 10.5. The van der Waals surface area contributed by atoms with Gasteiger partial charge < -0.3 is 33.5 Å². The van der Waals surface area contributed by atoms with Crippen LogP contribution >= 0.6 is 0 Å². The van der Waals surface area contributed by atoms with Gasteiger partial charge in [0.15, 0.2) is 34.5 Å². The number of likely N-dealkylation sites (N-methyl/N-ethyl adjacent to an activating group) is 2. The van der Waals surface area contributed by atoms with Gasteiger partial charge in [0.1, 0.15) is 5.75 Å². The van der Waals surface area contributed by atoms with Gasteiger partial charge in [0, 0.05) is 30.2 Å². The van der Waals surface area contributed by atoms with E-state index in [9.17, 15) is 5.11 Å². The second-order valence-electron chi connectivity index (χ2n) is 12.9. The van der Waals surface area contributed by atoms with Gasteiger partial charge in [-0.1, -0.05) is 12.1 Å². The third kappa shape index (κ3) is 5.35. The molecule has 9 heteroatoms. The second kappa shape index (κ2) is 12.8. The Labute approximate surface area is 282 Å². The molecule has 0 aromatic heterocycles. The molecule has 0 amide bonds. The standard InChI is InChI=1S/C39H44N2O7/c1-40-13-12-23-16-34(44-4)36(20-26(23)30(40)14-22-8-10-25(42)11-9-22)48-38-29-18-32-27-19-35(45-5)33(43-3)17-24(27)15-31(41(32)2)28(29)21-37(46-6)39(38)47-7/h8-11,16-17,19-21,30-32,42H,12-15,18H2,1-7H3/t30-,31-,32-/m1/s1. The summed E-state index contributed by atoms with van der Waals surface area (Å²) in [5.41, 5.74) is 8.34. The molecular formula is C39H44N2O7. The molecule has 3 heterocycles. The molecule has 3 aliphatic heterocycles. The lowest BCUT2D eigenvalue weighted by atomic mass is 9.76. The maximum atomic E-state index is 9.86. The van der Waals surface area contributed by atoms with Crippen LogP contribution in [-0.2, 0) is 25.7 Å². The molecule has 0 saturated heterocycles. The van der Waals surface area contributed by atoms with Crippen LogP contribution < -0.4 is 28.4 Å². The number of nitrogens with zero attached hydrogens (tertiary/aromatic N) is 2. The summed E-state index contributed by atoms with van der Waals surface area (Å²) >= 11 is 0. The van der Waals surface area contributed by atoms with Crippen molar-refractivity contribution in [2.45, 2.75) is 43.8 Å². The summed E-state index contributed by atoms with van der Waals surface area (Å²) in [5, 5.41) is 9.86. The third-order valence-corrected chi connectivity index (χ3v) is 10.5. The predicted molar refractivity (Wildman–Crippen MR) is 184 cm³/mol. The highest BCUT2D eigenvalue weighted by molar-refractivity contribution is 5.65. The molecule has 4 aromatic rings. The SMILES string of the molecule is COc1cc2c(cc1OC)[C@H]1Cc3c(cc(OC)c(OC)c3Oc3cc4c(cc3OC)CCN(C)[C@@H]4Cc3ccc(O)cc3)[C@@H](C2)N1C. The van der Waals surface area contributed by atoms with E-state index in [0.29, 0.717) is 35.2 Å². The number of aromatic hydroxyl groups is 1. The van der Waals surface area contributed by atoms with E-state index in [-0.39, 0.29) is 23.9 Å². The molecule has 4 aromatic carbocycles. The first-order chi connectivity index (χ1) is 23.3. The van der Waals surface area contributed by atoms with E-state index in [4.69, 9.17) is 28.4 Å². The fourth-order valence-corrected chi connectivity index (χ4v) is 7.93. The van der Waals surface area contributed by atoms with Crippen molar-refractivity contribution in [3.05, 3.63) is 93.5 Å². The molecule has 9 nitrogen and oxygen atoms in total. The van der Waals surface area contributed by atoms with E-state index in [1.54, 1.807) is 47.7 Å². The smallest absolute Gasteiger partial charge is 0.204 e. The van der Waals surface area contributed by atoms with Crippen LogP contribution in [0, 0.1) is 0 Å². The molecule has 7 rings (SSSR count). The van der Waals surface area contributed by atoms with Crippen molar-refractivity contribution in [1.82, 2.24) is 9.80 Å². The van der Waals surface area contributed by atoms with Gasteiger partial charge >= 0.3 is 0 Å². The minimum absolute atomic E-state index is 0.0975. The molecule has 2 bridgehead atoms. The van der Waals surface area contributed by atoms with Gasteiger partial charge in [-0.05, 0) is 116 Å². The zero-order valence-electron chi connectivity index (χ0n) is 28.8. The Morgan fingerprint density at radius 3 is 1.94 bits per heavy atom. The molecule has 0 spiro atoms. The average Bonchev–Trinajstić information content (AvgIpc) is 3.10. The van der Waals surface area contributed by atoms with Crippen molar-refractivity contribution in [3.8, 4) is 46.0 Å². The van der Waals surface area contributed by atoms with E-state index < -0.39 is 0 Å². The largest absolute Gasteiger partial charge is 0.508 e. The zero-order chi connectivity index (χ0) is 33.7. The summed E-state index contributed by atoms with van der Waals surface area (Å²) in [6, 6.07) is 18.4. The number of methoxy groups -OCH3 is 5. The molecular weight excluding hydrogens is 608 g/mol. The molecule has 0 radical (unpaired) electrons. The molecule has 48 heavy (non-hydrogen) atoms. The van der Waals surface area contributed by atoms with E-state index in [1.807, 2.05) is 12.1 Å². The normalized spacial score (nSPS) is 19.9. The van der Waals surface area contributed by atoms with Gasteiger partial charge in [0.2, 0.25) is 5.75 Å². The number of phenolic OH excluding ortho intramolecular Hbond substituents is 1. The number of hydrogen-bond acceptors (Lipinski definition) is 9. The first-order valence-corrected chi connectivity index (χ1v) is 16.4. The minimum atomic E-state index is 0.0975. The van der Waals surface area contributed by atoms with Gasteiger partial charge in [-0.2, -0.15) is 0 Å². The van der Waals surface area contributed by atoms with E-state index in [2.05, 4.69) is 54.2 Å². The molecule has 0 fully saturated rings. The number of benzene rings is 4. The number of rotatable bonds is 9. The summed E-state index contributed by atoms with van der Waals surface area (Å²) < 4.78 is 36.3. The fourth-order valence-electron chi connectivity index (χ4n) is 7.93. The second-order valence-corrected chi connectivity index (χ2v) is 12.9. The van der Waals surface area contributed by atoms with Crippen LogP contribution in [0.3, 0.4) is 0 Å². The first-order valence-electron chi connectivity index (χ1n) is 16.4. The lowest BCUT2D eigenvalue weighted by Gasteiger charge is -2.46. The van der Waals surface area contributed by atoms with Crippen molar-refractivity contribution in [1.29, 1.82) is 0 Å². The van der Waals surface area contributed by atoms with Gasteiger partial charge in [0.05, 0.1) is 35.5 Å². The van der Waals surface area contributed by atoms with Crippen LogP contribution in [-0.4, -0.2) is 71.1 Å². The molecule has 252 valence electrons. The van der Waals surface area contributed by atoms with Crippen molar-refractivity contribution >= 4 is 0 Å². The van der Waals surface area contributed by atoms with Crippen LogP contribution in [0.4, 0.5) is 0 Å². The molecule has 0 aliphatic carbocycles. The monoisotopic (exact) mass is 652 g/mol. The van der Waals surface area contributed by atoms with Crippen LogP contribution in [0.5, 0.6) is 46.0 Å². The number of phenols is 1. The van der Waals surface area contributed by atoms with Gasteiger partial charge in [0.25, 0.3) is 0 Å². The Morgan fingerprint density at radius 2 is 1.25 bits per heavy atom. The Kier molecular flexibility index (Phi) is 8.51. The van der Waals surface area contributed by atoms with Crippen LogP contribution in [0.2, 0.25) is 0 Å². The lowest BCUT2D eigenvalue weighted by Crippen LogP contribution is -2.40. The van der Waals surface area contributed by atoms with Crippen LogP contribution in [0.25, 0.3) is 0 Å². The number of ether oxygens (including phenoxy) is 6. The maximum Gasteiger partial charge on any atom is 0.204 e. The van der Waals surface area contributed by atoms with E-state index in [0.717, 1.165) is 54.0 Å². The predicted octanol–water partition coefficient (Wildman–Crippen LogP) is 6.83. The quantitative estimate of drug-likeness (QED) is 0.209. The lowest BCUT2D eigenvalue weighted by molar-refractivity contribution is 0.135. The first kappa shape index (κ1) is 32.0. The molecule has 1 N–H and O–H groups in total. The van der Waals surface area contributed by atoms with Gasteiger partial charge in [-0.25, -0.2) is 0 Å². The molecule has 3 atom stereocenters. The Balaban J connectivity index is 1.33. The minimum Gasteiger partial charge on any atom is -0.508 e. The van der Waals surface area contributed by atoms with Crippen molar-refractivity contribution in [2.75, 3.05) is 56.2 Å². The van der Waals surface area contributed by atoms with E-state index in [1.165, 1.54) is 22.3 Å². The van der Waals surface area contributed by atoms with Crippen molar-refractivity contribution in [2.24, 2.45) is 0 Å². The van der Waals surface area contributed by atoms with E-state index >= 15 is 0 Å². The number of fused-ring (bicyclic) bond motifs is 7. The Morgan fingerprint density at radius 1 is 0.646 bits per heavy atom. The zero-order valence-corrected chi connectivity index (χ0v) is 28.8. The summed E-state index contributed by atoms with van der Waals surface area (Å²) in [7, 11) is 12.7. The highest BCUT2D eigenvalue weighted by Crippen LogP contribution is 2.56. The molecule has 3 aliphatic rings. The average molecular weight is 653 g/mol. The van der Waals surface area contributed by atoms with Crippen LogP contribution in [0.1, 0.15) is 57.1 Å². The Bertz CT molecular complexity index is 1840. The van der Waals surface area contributed by atoms with Crippen molar-refractivity contribution in [3.63, 3.8) is 0 Å². The fraction of sp³-hybridized carbons (Fsp3) is 0.385. The van der Waals surface area contributed by atoms with Gasteiger partial charge in [-0.15, -0.1) is 0 Å². The Hall–Kier alpha value is -4.60.